The standard InChI is InChI=1S/C10H18FNO5S/c1-9(2,3)17-8(13)12-10(6-16-7-10)4-5-18(11,14)15/h4-7H2,1-3H3,(H,12,13). The molecule has 1 heterocycles. The van der Waals surface area contributed by atoms with Gasteiger partial charge in [-0.25, -0.2) is 4.79 Å². The van der Waals surface area contributed by atoms with Crippen LogP contribution in [0.1, 0.15) is 27.2 Å². The molecule has 6 nitrogen and oxygen atoms in total. The number of rotatable bonds is 4. The molecular formula is C10H18FNO5S. The van der Waals surface area contributed by atoms with Crippen molar-refractivity contribution in [1.82, 2.24) is 5.32 Å². The molecule has 0 spiro atoms. The van der Waals surface area contributed by atoms with Gasteiger partial charge >= 0.3 is 16.3 Å². The maximum atomic E-state index is 12.5. The molecule has 106 valence electrons. The minimum Gasteiger partial charge on any atom is -0.444 e. The van der Waals surface area contributed by atoms with Gasteiger partial charge in [-0.05, 0) is 27.2 Å². The zero-order valence-corrected chi connectivity index (χ0v) is 11.5. The molecule has 0 aromatic heterocycles. The first-order valence-corrected chi connectivity index (χ1v) is 7.08. The number of amides is 1. The Kier molecular flexibility index (Phi) is 4.22. The van der Waals surface area contributed by atoms with Gasteiger partial charge in [-0.15, -0.1) is 3.89 Å². The van der Waals surface area contributed by atoms with Gasteiger partial charge in [-0.3, -0.25) is 0 Å². The van der Waals surface area contributed by atoms with Gasteiger partial charge in [0.25, 0.3) is 0 Å². The Morgan fingerprint density at radius 2 is 2.00 bits per heavy atom. The predicted octanol–water partition coefficient (Wildman–Crippen LogP) is 0.970. The van der Waals surface area contributed by atoms with E-state index in [1.807, 2.05) is 0 Å². The van der Waals surface area contributed by atoms with Crippen LogP contribution in [0, 0.1) is 0 Å². The van der Waals surface area contributed by atoms with Crippen molar-refractivity contribution in [3.63, 3.8) is 0 Å². The summed E-state index contributed by atoms with van der Waals surface area (Å²) in [5.41, 5.74) is -1.50. The lowest BCUT2D eigenvalue weighted by molar-refractivity contribution is -0.0769. The van der Waals surface area contributed by atoms with Crippen LogP contribution in [-0.2, 0) is 19.7 Å². The van der Waals surface area contributed by atoms with Gasteiger partial charge in [0.15, 0.2) is 0 Å². The highest BCUT2D eigenvalue weighted by atomic mass is 32.3. The Bertz CT molecular complexity index is 410. The van der Waals surface area contributed by atoms with Crippen molar-refractivity contribution in [3.05, 3.63) is 0 Å². The SMILES string of the molecule is CC(C)(C)OC(=O)NC1(CCS(=O)(=O)F)COC1. The average molecular weight is 283 g/mol. The Balaban J connectivity index is 2.53. The summed E-state index contributed by atoms with van der Waals surface area (Å²) < 4.78 is 43.4. The van der Waals surface area contributed by atoms with Crippen molar-refractivity contribution in [1.29, 1.82) is 0 Å². The van der Waals surface area contributed by atoms with Crippen molar-refractivity contribution in [2.45, 2.75) is 38.3 Å². The zero-order chi connectivity index (χ0) is 14.0. The first-order valence-electron chi connectivity index (χ1n) is 5.53. The van der Waals surface area contributed by atoms with Crippen molar-refractivity contribution >= 4 is 16.3 Å². The van der Waals surface area contributed by atoms with E-state index in [1.165, 1.54) is 0 Å². The minimum atomic E-state index is -4.55. The normalized spacial score (nSPS) is 18.9. The second kappa shape index (κ2) is 5.00. The molecule has 1 aliphatic rings. The minimum absolute atomic E-state index is 0.0366. The maximum absolute atomic E-state index is 12.5. The van der Waals surface area contributed by atoms with E-state index in [0.29, 0.717) is 0 Å². The number of alkyl carbamates (subject to hydrolysis) is 1. The summed E-state index contributed by atoms with van der Waals surface area (Å²) in [4.78, 5) is 11.6. The first kappa shape index (κ1) is 15.2. The van der Waals surface area contributed by atoms with Crippen LogP contribution in [0.25, 0.3) is 0 Å². The quantitative estimate of drug-likeness (QED) is 0.777. The summed E-state index contributed by atoms with van der Waals surface area (Å²) >= 11 is 0. The van der Waals surface area contributed by atoms with E-state index in [-0.39, 0.29) is 19.6 Å². The number of ether oxygens (including phenoxy) is 2. The number of carbonyl (C=O) groups excluding carboxylic acids is 1. The molecule has 0 aromatic carbocycles. The lowest BCUT2D eigenvalue weighted by Crippen LogP contribution is -2.63. The molecule has 0 unspecified atom stereocenters. The molecule has 0 aliphatic carbocycles. The van der Waals surface area contributed by atoms with Crippen LogP contribution < -0.4 is 5.32 Å². The summed E-state index contributed by atoms with van der Waals surface area (Å²) in [6, 6.07) is 0. The monoisotopic (exact) mass is 283 g/mol. The van der Waals surface area contributed by atoms with Crippen molar-refractivity contribution < 1.29 is 26.6 Å². The number of hydrogen-bond acceptors (Lipinski definition) is 5. The molecule has 1 N–H and O–H groups in total. The number of nitrogens with one attached hydrogen (secondary N) is 1. The summed E-state index contributed by atoms with van der Waals surface area (Å²) in [7, 11) is -4.55. The van der Waals surface area contributed by atoms with Crippen LogP contribution in [0.2, 0.25) is 0 Å². The van der Waals surface area contributed by atoms with Gasteiger partial charge in [-0.2, -0.15) is 8.42 Å². The number of carbonyl (C=O) groups is 1. The third-order valence-corrected chi connectivity index (χ3v) is 3.04. The van der Waals surface area contributed by atoms with Crippen molar-refractivity contribution in [2.75, 3.05) is 19.0 Å². The van der Waals surface area contributed by atoms with E-state index in [2.05, 4.69) is 5.32 Å². The van der Waals surface area contributed by atoms with Crippen LogP contribution >= 0.6 is 0 Å². The third-order valence-electron chi connectivity index (χ3n) is 2.35. The Morgan fingerprint density at radius 3 is 2.33 bits per heavy atom. The molecule has 1 rings (SSSR count). The van der Waals surface area contributed by atoms with Gasteiger partial charge in [0, 0.05) is 0 Å². The van der Waals surface area contributed by atoms with Gasteiger partial charge in [0.1, 0.15) is 5.60 Å². The van der Waals surface area contributed by atoms with Crippen LogP contribution in [-0.4, -0.2) is 44.6 Å². The highest BCUT2D eigenvalue weighted by Crippen LogP contribution is 2.23. The van der Waals surface area contributed by atoms with Crippen LogP contribution in [0.4, 0.5) is 8.68 Å². The molecule has 18 heavy (non-hydrogen) atoms. The van der Waals surface area contributed by atoms with E-state index < -0.39 is 33.2 Å². The Labute approximate surface area is 106 Å². The molecule has 0 aromatic rings. The molecule has 0 bridgehead atoms. The van der Waals surface area contributed by atoms with E-state index in [0.717, 1.165) is 0 Å². The molecule has 8 heteroatoms. The fraction of sp³-hybridized carbons (Fsp3) is 0.900. The maximum Gasteiger partial charge on any atom is 0.408 e. The predicted molar refractivity (Wildman–Crippen MR) is 62.4 cm³/mol. The smallest absolute Gasteiger partial charge is 0.408 e. The highest BCUT2D eigenvalue weighted by Gasteiger charge is 2.41. The van der Waals surface area contributed by atoms with Gasteiger partial charge in [0.2, 0.25) is 0 Å². The summed E-state index contributed by atoms with van der Waals surface area (Å²) in [6.45, 7) is 5.44. The molecule has 0 saturated carbocycles. The topological polar surface area (TPSA) is 81.7 Å². The van der Waals surface area contributed by atoms with Crippen LogP contribution in [0.3, 0.4) is 0 Å². The fourth-order valence-electron chi connectivity index (χ4n) is 1.46. The molecular weight excluding hydrogens is 265 g/mol. The average Bonchev–Trinajstić information content (AvgIpc) is 2.04. The largest absolute Gasteiger partial charge is 0.444 e. The van der Waals surface area contributed by atoms with E-state index in [9.17, 15) is 17.1 Å². The van der Waals surface area contributed by atoms with Gasteiger partial charge < -0.3 is 14.8 Å². The van der Waals surface area contributed by atoms with E-state index >= 15 is 0 Å². The van der Waals surface area contributed by atoms with E-state index in [1.54, 1.807) is 20.8 Å². The number of hydrogen-bond donors (Lipinski definition) is 1. The molecule has 1 amide bonds. The molecule has 1 saturated heterocycles. The summed E-state index contributed by atoms with van der Waals surface area (Å²) in [5.74, 6) is -0.647. The fourth-order valence-corrected chi connectivity index (χ4v) is 2.10. The van der Waals surface area contributed by atoms with Crippen molar-refractivity contribution in [3.8, 4) is 0 Å². The van der Waals surface area contributed by atoms with Gasteiger partial charge in [0.05, 0.1) is 24.5 Å². The highest BCUT2D eigenvalue weighted by molar-refractivity contribution is 7.86. The molecule has 1 aliphatic heterocycles. The first-order chi connectivity index (χ1) is 8.02. The van der Waals surface area contributed by atoms with Gasteiger partial charge in [-0.1, -0.05) is 0 Å². The number of halogens is 1. The molecule has 0 radical (unpaired) electrons. The molecule has 0 atom stereocenters. The Morgan fingerprint density at radius 1 is 1.44 bits per heavy atom. The molecule has 1 fully saturated rings. The van der Waals surface area contributed by atoms with Crippen LogP contribution in [0.15, 0.2) is 0 Å². The van der Waals surface area contributed by atoms with Crippen LogP contribution in [0.5, 0.6) is 0 Å². The summed E-state index contributed by atoms with van der Waals surface area (Å²) in [5, 5.41) is 2.54. The lowest BCUT2D eigenvalue weighted by Gasteiger charge is -2.41. The zero-order valence-electron chi connectivity index (χ0n) is 10.7. The second-order valence-electron chi connectivity index (χ2n) is 5.39. The van der Waals surface area contributed by atoms with E-state index in [4.69, 9.17) is 9.47 Å². The summed E-state index contributed by atoms with van der Waals surface area (Å²) in [6.07, 6.45) is -0.701. The Hall–Kier alpha value is -0.890. The van der Waals surface area contributed by atoms with Crippen molar-refractivity contribution in [2.24, 2.45) is 0 Å². The second-order valence-corrected chi connectivity index (χ2v) is 6.88. The third kappa shape index (κ3) is 5.18. The lowest BCUT2D eigenvalue weighted by atomic mass is 9.94.